The Balaban J connectivity index is 1.94. The van der Waals surface area contributed by atoms with Gasteiger partial charge >= 0.3 is 0 Å². The Morgan fingerprint density at radius 2 is 1.89 bits per heavy atom. The van der Waals surface area contributed by atoms with E-state index in [0.717, 1.165) is 11.1 Å². The van der Waals surface area contributed by atoms with Gasteiger partial charge in [0.25, 0.3) is 5.91 Å². The first-order chi connectivity index (χ1) is 9.16. The van der Waals surface area contributed by atoms with Crippen LogP contribution >= 0.6 is 11.6 Å². The molecule has 0 atom stereocenters. The van der Waals surface area contributed by atoms with Crippen LogP contribution in [0.1, 0.15) is 15.9 Å². The number of hydrogen-bond donors (Lipinski definition) is 1. The fourth-order valence-electron chi connectivity index (χ4n) is 1.57. The van der Waals surface area contributed by atoms with Crippen LogP contribution in [0.5, 0.6) is 0 Å². The molecule has 0 fully saturated rings. The SMILES string of the molecule is C=C(CNC(=O)c1ccccc1)c1ccc(Cl)nc1. The molecule has 1 amide bonds. The standard InChI is InChI=1S/C15H13ClN2O/c1-11(13-7-8-14(16)17-10-13)9-18-15(19)12-5-3-2-4-6-12/h2-8,10H,1,9H2,(H,18,19). The number of nitrogens with one attached hydrogen (secondary N) is 1. The van der Waals surface area contributed by atoms with Crippen molar-refractivity contribution in [3.8, 4) is 0 Å². The zero-order valence-corrected chi connectivity index (χ0v) is 11.0. The van der Waals surface area contributed by atoms with E-state index in [2.05, 4.69) is 16.9 Å². The highest BCUT2D eigenvalue weighted by atomic mass is 35.5. The molecule has 2 aromatic rings. The van der Waals surface area contributed by atoms with Crippen molar-refractivity contribution in [3.63, 3.8) is 0 Å². The fourth-order valence-corrected chi connectivity index (χ4v) is 1.68. The van der Waals surface area contributed by atoms with Crippen LogP contribution in [0.15, 0.2) is 55.2 Å². The van der Waals surface area contributed by atoms with Gasteiger partial charge in [-0.05, 0) is 29.3 Å². The molecule has 0 saturated carbocycles. The molecular formula is C15H13ClN2O. The largest absolute Gasteiger partial charge is 0.348 e. The third-order valence-electron chi connectivity index (χ3n) is 2.63. The van der Waals surface area contributed by atoms with Crippen molar-refractivity contribution in [1.29, 1.82) is 0 Å². The molecule has 1 N–H and O–H groups in total. The average molecular weight is 273 g/mol. The van der Waals surface area contributed by atoms with E-state index >= 15 is 0 Å². The predicted octanol–water partition coefficient (Wildman–Crippen LogP) is 3.18. The lowest BCUT2D eigenvalue weighted by Crippen LogP contribution is -2.24. The van der Waals surface area contributed by atoms with Crippen LogP contribution in [-0.2, 0) is 0 Å². The Labute approximate surface area is 116 Å². The van der Waals surface area contributed by atoms with Crippen LogP contribution in [0.3, 0.4) is 0 Å². The van der Waals surface area contributed by atoms with E-state index in [1.165, 1.54) is 0 Å². The molecule has 0 saturated heterocycles. The normalized spacial score (nSPS) is 9.95. The van der Waals surface area contributed by atoms with Crippen LogP contribution in [0.2, 0.25) is 5.15 Å². The highest BCUT2D eigenvalue weighted by Crippen LogP contribution is 2.12. The first kappa shape index (κ1) is 13.3. The highest BCUT2D eigenvalue weighted by Gasteiger charge is 2.05. The molecule has 1 aromatic carbocycles. The molecule has 0 aliphatic heterocycles. The van der Waals surface area contributed by atoms with Gasteiger partial charge in [0.1, 0.15) is 5.15 Å². The van der Waals surface area contributed by atoms with Gasteiger partial charge in [0.15, 0.2) is 0 Å². The van der Waals surface area contributed by atoms with Crippen LogP contribution in [0, 0.1) is 0 Å². The van der Waals surface area contributed by atoms with E-state index in [4.69, 9.17) is 11.6 Å². The fraction of sp³-hybridized carbons (Fsp3) is 0.0667. The molecule has 4 heteroatoms. The predicted molar refractivity (Wildman–Crippen MR) is 77.1 cm³/mol. The van der Waals surface area contributed by atoms with Gasteiger partial charge in [-0.25, -0.2) is 4.98 Å². The van der Waals surface area contributed by atoms with Gasteiger partial charge in [-0.1, -0.05) is 42.4 Å². The molecule has 0 spiro atoms. The highest BCUT2D eigenvalue weighted by molar-refractivity contribution is 6.29. The smallest absolute Gasteiger partial charge is 0.251 e. The number of hydrogen-bond acceptors (Lipinski definition) is 2. The van der Waals surface area contributed by atoms with Crippen molar-refractivity contribution in [3.05, 3.63) is 71.5 Å². The van der Waals surface area contributed by atoms with Crippen LogP contribution in [-0.4, -0.2) is 17.4 Å². The van der Waals surface area contributed by atoms with Gasteiger partial charge < -0.3 is 5.32 Å². The van der Waals surface area contributed by atoms with Gasteiger partial charge in [-0.2, -0.15) is 0 Å². The minimum absolute atomic E-state index is 0.122. The molecule has 2 rings (SSSR count). The zero-order chi connectivity index (χ0) is 13.7. The topological polar surface area (TPSA) is 42.0 Å². The first-order valence-corrected chi connectivity index (χ1v) is 6.17. The number of carbonyl (C=O) groups excluding carboxylic acids is 1. The average Bonchev–Trinajstić information content (AvgIpc) is 2.46. The van der Waals surface area contributed by atoms with Crippen molar-refractivity contribution in [2.24, 2.45) is 0 Å². The molecular weight excluding hydrogens is 260 g/mol. The summed E-state index contributed by atoms with van der Waals surface area (Å²) in [6, 6.07) is 12.6. The van der Waals surface area contributed by atoms with Crippen molar-refractivity contribution < 1.29 is 4.79 Å². The number of halogens is 1. The molecule has 0 aliphatic rings. The molecule has 0 unspecified atom stereocenters. The van der Waals surface area contributed by atoms with Crippen molar-refractivity contribution in [1.82, 2.24) is 10.3 Å². The molecule has 1 heterocycles. The number of amides is 1. The van der Waals surface area contributed by atoms with E-state index in [1.54, 1.807) is 24.4 Å². The zero-order valence-electron chi connectivity index (χ0n) is 10.3. The van der Waals surface area contributed by atoms with E-state index in [1.807, 2.05) is 24.3 Å². The second kappa shape index (κ2) is 6.16. The summed E-state index contributed by atoms with van der Waals surface area (Å²) in [5.41, 5.74) is 2.27. The number of carbonyl (C=O) groups is 1. The van der Waals surface area contributed by atoms with Gasteiger partial charge in [-0.3, -0.25) is 4.79 Å². The quantitative estimate of drug-likeness (QED) is 0.869. The Hall–Kier alpha value is -2.13. The molecule has 0 radical (unpaired) electrons. The van der Waals surface area contributed by atoms with Crippen LogP contribution < -0.4 is 5.32 Å². The summed E-state index contributed by atoms with van der Waals surface area (Å²) in [6.07, 6.45) is 1.64. The second-order valence-electron chi connectivity index (χ2n) is 4.02. The summed E-state index contributed by atoms with van der Waals surface area (Å²) < 4.78 is 0. The summed E-state index contributed by atoms with van der Waals surface area (Å²) in [5, 5.41) is 3.25. The monoisotopic (exact) mass is 272 g/mol. The Bertz CT molecular complexity index is 579. The van der Waals surface area contributed by atoms with E-state index in [0.29, 0.717) is 17.3 Å². The van der Waals surface area contributed by atoms with E-state index < -0.39 is 0 Å². The summed E-state index contributed by atoms with van der Waals surface area (Å²) in [5.74, 6) is -0.122. The number of rotatable bonds is 4. The molecule has 0 bridgehead atoms. The van der Waals surface area contributed by atoms with Crippen LogP contribution in [0.4, 0.5) is 0 Å². The van der Waals surface area contributed by atoms with Crippen LogP contribution in [0.25, 0.3) is 5.57 Å². The minimum Gasteiger partial charge on any atom is -0.348 e. The maximum atomic E-state index is 11.8. The summed E-state index contributed by atoms with van der Waals surface area (Å²) >= 11 is 5.71. The molecule has 19 heavy (non-hydrogen) atoms. The summed E-state index contributed by atoms with van der Waals surface area (Å²) in [4.78, 5) is 15.8. The Kier molecular flexibility index (Phi) is 4.31. The Morgan fingerprint density at radius 3 is 2.53 bits per heavy atom. The maximum absolute atomic E-state index is 11.8. The van der Waals surface area contributed by atoms with Gasteiger partial charge in [0.05, 0.1) is 0 Å². The lowest BCUT2D eigenvalue weighted by molar-refractivity contribution is 0.0958. The molecule has 3 nitrogen and oxygen atoms in total. The molecule has 96 valence electrons. The van der Waals surface area contributed by atoms with Gasteiger partial charge in [0, 0.05) is 18.3 Å². The van der Waals surface area contributed by atoms with E-state index in [9.17, 15) is 4.79 Å². The number of nitrogens with zero attached hydrogens (tertiary/aromatic N) is 1. The van der Waals surface area contributed by atoms with Crippen molar-refractivity contribution in [2.45, 2.75) is 0 Å². The third-order valence-corrected chi connectivity index (χ3v) is 2.86. The lowest BCUT2D eigenvalue weighted by atomic mass is 10.1. The first-order valence-electron chi connectivity index (χ1n) is 5.80. The van der Waals surface area contributed by atoms with Crippen molar-refractivity contribution in [2.75, 3.05) is 6.54 Å². The number of aromatic nitrogens is 1. The van der Waals surface area contributed by atoms with Crippen molar-refractivity contribution >= 4 is 23.1 Å². The number of benzene rings is 1. The number of pyridine rings is 1. The minimum atomic E-state index is -0.122. The lowest BCUT2D eigenvalue weighted by Gasteiger charge is -2.08. The summed E-state index contributed by atoms with van der Waals surface area (Å²) in [6.45, 7) is 4.29. The third kappa shape index (κ3) is 3.66. The molecule has 0 aliphatic carbocycles. The Morgan fingerprint density at radius 1 is 1.16 bits per heavy atom. The molecule has 1 aromatic heterocycles. The van der Waals surface area contributed by atoms with Gasteiger partial charge in [0.2, 0.25) is 0 Å². The van der Waals surface area contributed by atoms with E-state index in [-0.39, 0.29) is 5.91 Å². The maximum Gasteiger partial charge on any atom is 0.251 e. The second-order valence-corrected chi connectivity index (χ2v) is 4.41. The van der Waals surface area contributed by atoms with Gasteiger partial charge in [-0.15, -0.1) is 0 Å². The summed E-state index contributed by atoms with van der Waals surface area (Å²) in [7, 11) is 0.